The van der Waals surface area contributed by atoms with E-state index < -0.39 is 10.0 Å². The molecule has 19 heavy (non-hydrogen) atoms. The summed E-state index contributed by atoms with van der Waals surface area (Å²) >= 11 is 0. The molecule has 0 unspecified atom stereocenters. The number of nitrogens with one attached hydrogen (secondary N) is 1. The van der Waals surface area contributed by atoms with Crippen molar-refractivity contribution >= 4 is 10.0 Å². The van der Waals surface area contributed by atoms with Crippen molar-refractivity contribution in [2.75, 3.05) is 19.4 Å². The number of sulfonamides is 1. The van der Waals surface area contributed by atoms with E-state index in [0.717, 1.165) is 17.7 Å². The first-order valence-electron chi connectivity index (χ1n) is 6.65. The highest BCUT2D eigenvalue weighted by Crippen LogP contribution is 2.20. The van der Waals surface area contributed by atoms with Crippen LogP contribution in [0.3, 0.4) is 0 Å². The fraction of sp³-hybridized carbons (Fsp3) is 0.571. The predicted octanol–water partition coefficient (Wildman–Crippen LogP) is 2.13. The van der Waals surface area contributed by atoms with E-state index in [-0.39, 0.29) is 5.75 Å². The second-order valence-corrected chi connectivity index (χ2v) is 6.39. The Labute approximate surface area is 116 Å². The Bertz CT molecular complexity index is 497. The van der Waals surface area contributed by atoms with Gasteiger partial charge in [-0.15, -0.1) is 0 Å². The Morgan fingerprint density at radius 3 is 2.58 bits per heavy atom. The van der Waals surface area contributed by atoms with Gasteiger partial charge in [-0.1, -0.05) is 26.0 Å². The first kappa shape index (κ1) is 16.0. The topological polar surface area (TPSA) is 55.4 Å². The monoisotopic (exact) mass is 285 g/mol. The van der Waals surface area contributed by atoms with Crippen LogP contribution in [-0.4, -0.2) is 27.8 Å². The maximum absolute atomic E-state index is 11.6. The van der Waals surface area contributed by atoms with Crippen molar-refractivity contribution in [3.05, 3.63) is 29.3 Å². The molecule has 0 aliphatic carbocycles. The van der Waals surface area contributed by atoms with Crippen molar-refractivity contribution in [2.45, 2.75) is 33.1 Å². The van der Waals surface area contributed by atoms with Gasteiger partial charge in [0.1, 0.15) is 5.75 Å². The number of benzene rings is 1. The van der Waals surface area contributed by atoms with Crippen LogP contribution in [0.4, 0.5) is 0 Å². The van der Waals surface area contributed by atoms with Crippen LogP contribution in [0.5, 0.6) is 5.75 Å². The zero-order valence-corrected chi connectivity index (χ0v) is 12.7. The van der Waals surface area contributed by atoms with E-state index >= 15 is 0 Å². The summed E-state index contributed by atoms with van der Waals surface area (Å²) in [5.74, 6) is 0.992. The smallest absolute Gasteiger partial charge is 0.211 e. The highest BCUT2D eigenvalue weighted by molar-refractivity contribution is 7.89. The summed E-state index contributed by atoms with van der Waals surface area (Å²) < 4.78 is 31.0. The molecule has 0 amide bonds. The lowest BCUT2D eigenvalue weighted by Crippen LogP contribution is -2.28. The van der Waals surface area contributed by atoms with Crippen molar-refractivity contribution in [3.63, 3.8) is 0 Å². The van der Waals surface area contributed by atoms with Gasteiger partial charge in [0.2, 0.25) is 10.0 Å². The Kier molecular flexibility index (Phi) is 6.31. The zero-order chi connectivity index (χ0) is 14.3. The highest BCUT2D eigenvalue weighted by Gasteiger charge is 2.09. The molecule has 1 N–H and O–H groups in total. The molecule has 0 heterocycles. The number of rotatable bonds is 8. The van der Waals surface area contributed by atoms with Gasteiger partial charge in [-0.25, -0.2) is 13.1 Å². The molecular weight excluding hydrogens is 262 g/mol. The maximum Gasteiger partial charge on any atom is 0.211 e. The third kappa shape index (κ3) is 5.20. The van der Waals surface area contributed by atoms with E-state index in [4.69, 9.17) is 4.74 Å². The lowest BCUT2D eigenvalue weighted by molar-refractivity contribution is 0.409. The quantitative estimate of drug-likeness (QED) is 0.796. The summed E-state index contributed by atoms with van der Waals surface area (Å²) in [4.78, 5) is 0. The van der Waals surface area contributed by atoms with Gasteiger partial charge < -0.3 is 4.74 Å². The second-order valence-electron chi connectivity index (χ2n) is 4.46. The van der Waals surface area contributed by atoms with Crippen LogP contribution >= 0.6 is 0 Å². The van der Waals surface area contributed by atoms with Gasteiger partial charge in [0.25, 0.3) is 0 Å². The SMILES string of the molecule is CCCS(=O)(=O)NCCc1cc(CC)ccc1OC. The summed E-state index contributed by atoms with van der Waals surface area (Å²) in [5.41, 5.74) is 2.27. The largest absolute Gasteiger partial charge is 0.496 e. The summed E-state index contributed by atoms with van der Waals surface area (Å²) in [5, 5.41) is 0. The molecule has 0 radical (unpaired) electrons. The van der Waals surface area contributed by atoms with Gasteiger partial charge in [0.15, 0.2) is 0 Å². The van der Waals surface area contributed by atoms with Crippen LogP contribution < -0.4 is 9.46 Å². The molecule has 1 aromatic carbocycles. The Morgan fingerprint density at radius 2 is 2.00 bits per heavy atom. The van der Waals surface area contributed by atoms with E-state index in [1.807, 2.05) is 19.1 Å². The van der Waals surface area contributed by atoms with Crippen LogP contribution in [0.25, 0.3) is 0 Å². The van der Waals surface area contributed by atoms with Gasteiger partial charge >= 0.3 is 0 Å². The molecule has 1 aromatic rings. The average Bonchev–Trinajstić information content (AvgIpc) is 2.38. The predicted molar refractivity (Wildman–Crippen MR) is 78.2 cm³/mol. The minimum absolute atomic E-state index is 0.180. The number of hydrogen-bond acceptors (Lipinski definition) is 3. The van der Waals surface area contributed by atoms with Gasteiger partial charge in [-0.3, -0.25) is 0 Å². The van der Waals surface area contributed by atoms with Crippen molar-refractivity contribution in [1.82, 2.24) is 4.72 Å². The van der Waals surface area contributed by atoms with Gasteiger partial charge in [0.05, 0.1) is 12.9 Å². The Balaban J connectivity index is 2.66. The van der Waals surface area contributed by atoms with Crippen LogP contribution in [0, 0.1) is 0 Å². The number of hydrogen-bond donors (Lipinski definition) is 1. The molecule has 0 aromatic heterocycles. The first-order valence-corrected chi connectivity index (χ1v) is 8.30. The number of methoxy groups -OCH3 is 1. The molecule has 0 atom stereocenters. The summed E-state index contributed by atoms with van der Waals surface area (Å²) in [6.45, 7) is 4.36. The van der Waals surface area contributed by atoms with Crippen molar-refractivity contribution in [1.29, 1.82) is 0 Å². The lowest BCUT2D eigenvalue weighted by Gasteiger charge is -2.11. The summed E-state index contributed by atoms with van der Waals surface area (Å²) in [6.07, 6.45) is 2.22. The summed E-state index contributed by atoms with van der Waals surface area (Å²) in [6, 6.07) is 6.05. The van der Waals surface area contributed by atoms with Gasteiger partial charge in [0, 0.05) is 6.54 Å². The minimum Gasteiger partial charge on any atom is -0.496 e. The molecular formula is C14H23NO3S. The Morgan fingerprint density at radius 1 is 1.26 bits per heavy atom. The normalized spacial score (nSPS) is 11.5. The minimum atomic E-state index is -3.13. The third-order valence-corrected chi connectivity index (χ3v) is 4.53. The highest BCUT2D eigenvalue weighted by atomic mass is 32.2. The van der Waals surface area contributed by atoms with E-state index in [0.29, 0.717) is 19.4 Å². The fourth-order valence-corrected chi connectivity index (χ4v) is 3.02. The molecule has 0 bridgehead atoms. The zero-order valence-electron chi connectivity index (χ0n) is 11.9. The molecule has 1 rings (SSSR count). The van der Waals surface area contributed by atoms with Crippen LogP contribution in [0.15, 0.2) is 18.2 Å². The molecule has 0 saturated carbocycles. The van der Waals surface area contributed by atoms with Crippen molar-refractivity contribution < 1.29 is 13.2 Å². The number of ether oxygens (including phenoxy) is 1. The first-order chi connectivity index (χ1) is 9.02. The molecule has 0 fully saturated rings. The van der Waals surface area contributed by atoms with Crippen LogP contribution in [0.2, 0.25) is 0 Å². The average molecular weight is 285 g/mol. The van der Waals surface area contributed by atoms with E-state index in [2.05, 4.69) is 17.7 Å². The van der Waals surface area contributed by atoms with Crippen LogP contribution in [-0.2, 0) is 22.9 Å². The maximum atomic E-state index is 11.6. The standard InChI is InChI=1S/C14H23NO3S/c1-4-10-19(16,17)15-9-8-13-11-12(5-2)6-7-14(13)18-3/h6-7,11,15H,4-5,8-10H2,1-3H3. The van der Waals surface area contributed by atoms with Gasteiger partial charge in [-0.05, 0) is 36.5 Å². The molecule has 0 aliphatic heterocycles. The van der Waals surface area contributed by atoms with E-state index in [1.54, 1.807) is 7.11 Å². The van der Waals surface area contributed by atoms with Crippen molar-refractivity contribution in [3.8, 4) is 5.75 Å². The molecule has 4 nitrogen and oxygen atoms in total. The molecule has 5 heteroatoms. The summed E-state index contributed by atoms with van der Waals surface area (Å²) in [7, 11) is -1.50. The van der Waals surface area contributed by atoms with E-state index in [1.165, 1.54) is 5.56 Å². The lowest BCUT2D eigenvalue weighted by atomic mass is 10.1. The van der Waals surface area contributed by atoms with E-state index in [9.17, 15) is 8.42 Å². The van der Waals surface area contributed by atoms with Crippen molar-refractivity contribution in [2.24, 2.45) is 0 Å². The molecule has 108 valence electrons. The molecule has 0 saturated heterocycles. The third-order valence-electron chi connectivity index (χ3n) is 2.94. The molecule has 0 aliphatic rings. The fourth-order valence-electron chi connectivity index (χ4n) is 1.93. The van der Waals surface area contributed by atoms with Gasteiger partial charge in [-0.2, -0.15) is 0 Å². The second kappa shape index (κ2) is 7.50. The Hall–Kier alpha value is -1.07. The number of aryl methyl sites for hydroxylation is 1. The molecule has 0 spiro atoms. The van der Waals surface area contributed by atoms with Crippen LogP contribution in [0.1, 0.15) is 31.4 Å².